The Labute approximate surface area is 177 Å². The molecule has 4 rings (SSSR count). The normalized spacial score (nSPS) is 15.1. The number of aromatic amines is 1. The highest BCUT2D eigenvalue weighted by atomic mass is 32.2. The molecule has 1 atom stereocenters. The molecule has 2 aromatic carbocycles. The third-order valence-corrected chi connectivity index (χ3v) is 5.69. The number of aliphatic hydroxyl groups is 1. The Morgan fingerprint density at radius 1 is 1.17 bits per heavy atom. The molecule has 0 aliphatic carbocycles. The number of nitrogens with zero attached hydrogens (tertiary/aromatic N) is 3. The molecule has 30 heavy (non-hydrogen) atoms. The maximum Gasteiger partial charge on any atom is 0.262 e. The SMILES string of the molecule is CSCCC(C(O)=C(C#N)c1nc2ccccc2[nH]1)N1C(=O)c2ccccc2C1=O. The minimum absolute atomic E-state index is 0.0890. The van der Waals surface area contributed by atoms with E-state index in [1.54, 1.807) is 30.3 Å². The Balaban J connectivity index is 1.80. The number of para-hydroxylation sites is 2. The number of imide groups is 1. The van der Waals surface area contributed by atoms with Gasteiger partial charge in [0.2, 0.25) is 0 Å². The van der Waals surface area contributed by atoms with E-state index in [2.05, 4.69) is 9.97 Å². The predicted molar refractivity (Wildman–Crippen MR) is 115 cm³/mol. The zero-order chi connectivity index (χ0) is 21.3. The van der Waals surface area contributed by atoms with E-state index in [1.165, 1.54) is 11.8 Å². The zero-order valence-corrected chi connectivity index (χ0v) is 16.9. The van der Waals surface area contributed by atoms with Crippen molar-refractivity contribution in [3.8, 4) is 6.07 Å². The maximum absolute atomic E-state index is 13.0. The molecule has 150 valence electrons. The Hall–Kier alpha value is -3.57. The lowest BCUT2D eigenvalue weighted by Gasteiger charge is -2.26. The molecule has 8 heteroatoms. The summed E-state index contributed by atoms with van der Waals surface area (Å²) in [6, 6.07) is 14.8. The summed E-state index contributed by atoms with van der Waals surface area (Å²) in [5, 5.41) is 20.9. The van der Waals surface area contributed by atoms with E-state index < -0.39 is 17.9 Å². The number of nitrogens with one attached hydrogen (secondary N) is 1. The topological polar surface area (TPSA) is 110 Å². The Morgan fingerprint density at radius 3 is 2.40 bits per heavy atom. The number of thioether (sulfide) groups is 1. The van der Waals surface area contributed by atoms with Crippen molar-refractivity contribution in [1.82, 2.24) is 14.9 Å². The summed E-state index contributed by atoms with van der Waals surface area (Å²) in [7, 11) is 0. The largest absolute Gasteiger partial charge is 0.509 e. The lowest BCUT2D eigenvalue weighted by Crippen LogP contribution is -2.42. The highest BCUT2D eigenvalue weighted by molar-refractivity contribution is 7.98. The molecule has 0 bridgehead atoms. The summed E-state index contributed by atoms with van der Waals surface area (Å²) in [4.78, 5) is 34.4. The van der Waals surface area contributed by atoms with Crippen molar-refractivity contribution >= 4 is 40.2 Å². The van der Waals surface area contributed by atoms with Crippen molar-refractivity contribution in [2.75, 3.05) is 12.0 Å². The number of fused-ring (bicyclic) bond motifs is 2. The van der Waals surface area contributed by atoms with Gasteiger partial charge in [0.1, 0.15) is 17.4 Å². The number of rotatable bonds is 6. The first-order valence-corrected chi connectivity index (χ1v) is 10.7. The van der Waals surface area contributed by atoms with Crippen molar-refractivity contribution in [1.29, 1.82) is 5.26 Å². The van der Waals surface area contributed by atoms with Gasteiger partial charge in [0.25, 0.3) is 11.8 Å². The van der Waals surface area contributed by atoms with Crippen molar-refractivity contribution < 1.29 is 14.7 Å². The van der Waals surface area contributed by atoms with Crippen LogP contribution in [0, 0.1) is 11.3 Å². The average Bonchev–Trinajstić information content (AvgIpc) is 3.29. The van der Waals surface area contributed by atoms with E-state index in [9.17, 15) is 20.0 Å². The molecule has 1 unspecified atom stereocenters. The summed E-state index contributed by atoms with van der Waals surface area (Å²) in [6.45, 7) is 0. The second-order valence-corrected chi connectivity index (χ2v) is 7.78. The van der Waals surface area contributed by atoms with Gasteiger partial charge in [-0.3, -0.25) is 14.5 Å². The van der Waals surface area contributed by atoms with E-state index in [0.29, 0.717) is 28.8 Å². The number of nitriles is 1. The third-order valence-electron chi connectivity index (χ3n) is 5.04. The summed E-state index contributed by atoms with van der Waals surface area (Å²) < 4.78 is 0. The van der Waals surface area contributed by atoms with Crippen LogP contribution in [-0.4, -0.2) is 49.8 Å². The molecule has 0 saturated carbocycles. The lowest BCUT2D eigenvalue weighted by atomic mass is 10.1. The van der Waals surface area contributed by atoms with Gasteiger partial charge in [-0.25, -0.2) is 4.98 Å². The number of benzene rings is 2. The first kappa shape index (κ1) is 19.7. The highest BCUT2D eigenvalue weighted by Crippen LogP contribution is 2.31. The molecule has 2 N–H and O–H groups in total. The number of H-pyrrole nitrogens is 1. The van der Waals surface area contributed by atoms with Crippen molar-refractivity contribution in [2.24, 2.45) is 0 Å². The van der Waals surface area contributed by atoms with Gasteiger partial charge in [0.15, 0.2) is 5.82 Å². The number of aliphatic hydroxyl groups excluding tert-OH is 1. The van der Waals surface area contributed by atoms with Gasteiger partial charge in [-0.15, -0.1) is 0 Å². The fraction of sp³-hybridized carbons (Fsp3) is 0.182. The highest BCUT2D eigenvalue weighted by Gasteiger charge is 2.42. The molecule has 0 fully saturated rings. The molecule has 0 saturated heterocycles. The number of carbonyl (C=O) groups is 2. The maximum atomic E-state index is 13.0. The van der Waals surface area contributed by atoms with Crippen LogP contribution in [0.4, 0.5) is 0 Å². The standard InChI is InChI=1S/C22H18N4O3S/c1-30-11-10-18(26-21(28)13-6-2-3-7-14(13)22(26)29)19(27)15(12-23)20-24-16-8-4-5-9-17(16)25-20/h2-9,18,27H,10-11H2,1H3,(H,24,25). The number of hydrogen-bond donors (Lipinski definition) is 2. The quantitative estimate of drug-likeness (QED) is 0.358. The van der Waals surface area contributed by atoms with E-state index >= 15 is 0 Å². The van der Waals surface area contributed by atoms with Gasteiger partial charge >= 0.3 is 0 Å². The molecule has 2 amide bonds. The Bertz CT molecular complexity index is 1160. The van der Waals surface area contributed by atoms with Crippen molar-refractivity contribution in [2.45, 2.75) is 12.5 Å². The molecule has 0 spiro atoms. The smallest absolute Gasteiger partial charge is 0.262 e. The first-order valence-electron chi connectivity index (χ1n) is 9.31. The molecular formula is C22H18N4O3S. The van der Waals surface area contributed by atoms with Gasteiger partial charge in [0, 0.05) is 0 Å². The number of hydrogen-bond acceptors (Lipinski definition) is 6. The van der Waals surface area contributed by atoms with Crippen LogP contribution < -0.4 is 0 Å². The van der Waals surface area contributed by atoms with Gasteiger partial charge in [-0.05, 0) is 42.7 Å². The van der Waals surface area contributed by atoms with Crippen LogP contribution in [0.1, 0.15) is 33.0 Å². The number of aromatic nitrogens is 2. The van der Waals surface area contributed by atoms with Gasteiger partial charge in [0.05, 0.1) is 28.2 Å². The minimum Gasteiger partial charge on any atom is -0.509 e. The van der Waals surface area contributed by atoms with Crippen LogP contribution in [0.15, 0.2) is 54.3 Å². The minimum atomic E-state index is -0.965. The predicted octanol–water partition coefficient (Wildman–Crippen LogP) is 3.77. The van der Waals surface area contributed by atoms with Crippen molar-refractivity contribution in [3.05, 3.63) is 71.2 Å². The van der Waals surface area contributed by atoms with Crippen LogP contribution in [0.5, 0.6) is 0 Å². The van der Waals surface area contributed by atoms with E-state index in [1.807, 2.05) is 30.5 Å². The van der Waals surface area contributed by atoms with Crippen LogP contribution >= 0.6 is 11.8 Å². The number of amides is 2. The molecule has 1 aliphatic heterocycles. The first-order chi connectivity index (χ1) is 14.6. The number of carbonyl (C=O) groups excluding carboxylic acids is 2. The summed E-state index contributed by atoms with van der Waals surface area (Å²) >= 11 is 1.52. The second-order valence-electron chi connectivity index (χ2n) is 6.80. The fourth-order valence-corrected chi connectivity index (χ4v) is 4.04. The molecule has 1 aliphatic rings. The summed E-state index contributed by atoms with van der Waals surface area (Å²) in [6.07, 6.45) is 2.20. The molecule has 7 nitrogen and oxygen atoms in total. The Morgan fingerprint density at radius 2 is 1.80 bits per heavy atom. The monoisotopic (exact) mass is 418 g/mol. The lowest BCUT2D eigenvalue weighted by molar-refractivity contribution is 0.0573. The van der Waals surface area contributed by atoms with E-state index in [0.717, 1.165) is 10.4 Å². The summed E-state index contributed by atoms with van der Waals surface area (Å²) in [5.74, 6) is -0.520. The van der Waals surface area contributed by atoms with Crippen LogP contribution in [-0.2, 0) is 0 Å². The molecule has 2 heterocycles. The van der Waals surface area contributed by atoms with Gasteiger partial charge < -0.3 is 10.1 Å². The summed E-state index contributed by atoms with van der Waals surface area (Å²) in [5.41, 5.74) is 1.87. The fourth-order valence-electron chi connectivity index (χ4n) is 3.58. The number of imidazole rings is 1. The van der Waals surface area contributed by atoms with E-state index in [-0.39, 0.29) is 17.2 Å². The molecule has 3 aromatic rings. The number of allylic oxidation sites excluding steroid dienone is 1. The van der Waals surface area contributed by atoms with Gasteiger partial charge in [-0.1, -0.05) is 24.3 Å². The van der Waals surface area contributed by atoms with E-state index in [4.69, 9.17) is 0 Å². The molecule has 0 radical (unpaired) electrons. The molecular weight excluding hydrogens is 400 g/mol. The average molecular weight is 418 g/mol. The zero-order valence-electron chi connectivity index (χ0n) is 16.1. The van der Waals surface area contributed by atoms with Crippen LogP contribution in [0.2, 0.25) is 0 Å². The third kappa shape index (κ3) is 3.23. The Kier molecular flexibility index (Phi) is 5.29. The van der Waals surface area contributed by atoms with Crippen molar-refractivity contribution in [3.63, 3.8) is 0 Å². The second kappa shape index (κ2) is 8.05. The molecule has 1 aromatic heterocycles. The van der Waals surface area contributed by atoms with Gasteiger partial charge in [-0.2, -0.15) is 17.0 Å². The van der Waals surface area contributed by atoms with Crippen LogP contribution in [0.25, 0.3) is 16.6 Å². The van der Waals surface area contributed by atoms with Crippen LogP contribution in [0.3, 0.4) is 0 Å².